The summed E-state index contributed by atoms with van der Waals surface area (Å²) in [4.78, 5) is 37.0. The molecule has 0 spiro atoms. The van der Waals surface area contributed by atoms with Crippen molar-refractivity contribution in [2.45, 2.75) is 65.8 Å². The second kappa shape index (κ2) is 8.65. The van der Waals surface area contributed by atoms with Gasteiger partial charge in [0.05, 0.1) is 7.11 Å². The van der Waals surface area contributed by atoms with Crippen molar-refractivity contribution >= 4 is 26.4 Å². The zero-order valence-electron chi connectivity index (χ0n) is 18.0. The number of ether oxygens (including phenoxy) is 1. The summed E-state index contributed by atoms with van der Waals surface area (Å²) in [5.74, 6) is -1.16. The van der Waals surface area contributed by atoms with Crippen LogP contribution in [0.5, 0.6) is 0 Å². The smallest absolute Gasteiger partial charge is 0.344 e. The molecule has 4 atom stereocenters. The predicted octanol–water partition coefficient (Wildman–Crippen LogP) is 4.09. The molecule has 0 saturated carbocycles. The topological polar surface area (TPSA) is 69.7 Å². The molecule has 0 aliphatic heterocycles. The molecule has 0 heterocycles. The third kappa shape index (κ3) is 5.26. The Balaban J connectivity index is 3.01. The molecule has 1 aliphatic carbocycles. The van der Waals surface area contributed by atoms with Gasteiger partial charge in [0.2, 0.25) is 5.60 Å². The molecular weight excluding hydrogens is 360 g/mol. The van der Waals surface area contributed by atoms with Gasteiger partial charge in [-0.1, -0.05) is 31.6 Å². The van der Waals surface area contributed by atoms with E-state index < -0.39 is 25.8 Å². The fourth-order valence-electron chi connectivity index (χ4n) is 3.88. The quantitative estimate of drug-likeness (QED) is 0.194. The lowest BCUT2D eigenvalue weighted by Gasteiger charge is -2.34. The van der Waals surface area contributed by atoms with E-state index in [-0.39, 0.29) is 11.7 Å². The number of ketones is 1. The minimum absolute atomic E-state index is 0.0324. The van der Waals surface area contributed by atoms with Crippen molar-refractivity contribution in [3.05, 3.63) is 23.3 Å². The summed E-state index contributed by atoms with van der Waals surface area (Å²) >= 11 is 0. The van der Waals surface area contributed by atoms with Gasteiger partial charge in [0.15, 0.2) is 14.1 Å². The van der Waals surface area contributed by atoms with Crippen LogP contribution < -0.4 is 0 Å². The van der Waals surface area contributed by atoms with Gasteiger partial charge in [0.25, 0.3) is 0 Å². The molecule has 0 aromatic carbocycles. The molecule has 0 N–H and O–H groups in total. The maximum atomic E-state index is 13.1. The Morgan fingerprint density at radius 3 is 2.37 bits per heavy atom. The molecular formula is C21H34O5Si. The van der Waals surface area contributed by atoms with Crippen LogP contribution in [0, 0.1) is 17.8 Å². The van der Waals surface area contributed by atoms with Gasteiger partial charge in [-0.3, -0.25) is 9.59 Å². The molecule has 1 rings (SSSR count). The molecule has 0 bridgehead atoms. The maximum Gasteiger partial charge on any atom is 0.344 e. The van der Waals surface area contributed by atoms with Crippen molar-refractivity contribution in [1.82, 2.24) is 0 Å². The van der Waals surface area contributed by atoms with Crippen LogP contribution in [0.15, 0.2) is 23.3 Å². The molecule has 0 saturated heterocycles. The van der Waals surface area contributed by atoms with E-state index >= 15 is 0 Å². The molecule has 0 aromatic rings. The lowest BCUT2D eigenvalue weighted by atomic mass is 9.82. The summed E-state index contributed by atoms with van der Waals surface area (Å²) in [5.41, 5.74) is 1.10. The summed E-state index contributed by atoms with van der Waals surface area (Å²) in [5, 5.41) is 0. The third-order valence-corrected chi connectivity index (χ3v) is 6.37. The zero-order valence-corrected chi connectivity index (χ0v) is 19.0. The van der Waals surface area contributed by atoms with Crippen LogP contribution in [0.1, 0.15) is 40.5 Å². The molecule has 27 heavy (non-hydrogen) atoms. The number of carbonyl (C=O) groups is 3. The van der Waals surface area contributed by atoms with E-state index in [0.29, 0.717) is 12.3 Å². The van der Waals surface area contributed by atoms with Crippen molar-refractivity contribution in [2.24, 2.45) is 17.8 Å². The van der Waals surface area contributed by atoms with E-state index in [9.17, 15) is 14.4 Å². The average Bonchev–Trinajstić information content (AvgIpc) is 2.86. The van der Waals surface area contributed by atoms with Crippen LogP contribution in [0.2, 0.25) is 19.6 Å². The van der Waals surface area contributed by atoms with Crippen molar-refractivity contribution in [2.75, 3.05) is 7.11 Å². The summed E-state index contributed by atoms with van der Waals surface area (Å²) in [6.45, 7) is 17.3. The second-order valence-corrected chi connectivity index (χ2v) is 13.2. The first-order valence-corrected chi connectivity index (χ1v) is 12.9. The predicted molar refractivity (Wildman–Crippen MR) is 109 cm³/mol. The van der Waals surface area contributed by atoms with E-state index in [2.05, 4.69) is 13.5 Å². The Morgan fingerprint density at radius 2 is 1.93 bits per heavy atom. The SMILES string of the molecule is C=C(C[C@@H](C)C(=O)[C@](C)(O[Si](C)(C)C)C(=O)OC)[C@@H]1C[C@@H](C)C(C)=C1C=O. The normalized spacial score (nSPS) is 23.6. The number of methoxy groups -OCH3 is 1. The first-order valence-electron chi connectivity index (χ1n) is 9.44. The highest BCUT2D eigenvalue weighted by atomic mass is 28.4. The molecule has 152 valence electrons. The van der Waals surface area contributed by atoms with E-state index in [1.165, 1.54) is 14.0 Å². The number of esters is 1. The van der Waals surface area contributed by atoms with Crippen LogP contribution in [0.25, 0.3) is 0 Å². The van der Waals surface area contributed by atoms with Gasteiger partial charge in [-0.15, -0.1) is 0 Å². The Bertz CT molecular complexity index is 658. The molecule has 6 heteroatoms. The van der Waals surface area contributed by atoms with E-state index in [1.54, 1.807) is 6.92 Å². The fraction of sp³-hybridized carbons (Fsp3) is 0.667. The molecule has 1 aliphatic rings. The average molecular weight is 395 g/mol. The molecule has 0 radical (unpaired) electrons. The first kappa shape index (κ1) is 23.5. The Morgan fingerprint density at radius 1 is 1.37 bits per heavy atom. The van der Waals surface area contributed by atoms with Gasteiger partial charge in [-0.25, -0.2) is 4.79 Å². The molecule has 0 fully saturated rings. The standard InChI is InChI=1S/C21H34O5Si/c1-13-11-17(18(12-22)16(13)4)14(2)10-15(3)19(23)21(5,20(24)25-6)26-27(7,8)9/h12-13,15,17H,2,10-11H2,1,3-9H3/t13-,15-,17+,21+/m1/s1. The number of carbonyl (C=O) groups excluding carboxylic acids is 3. The monoisotopic (exact) mass is 394 g/mol. The van der Waals surface area contributed by atoms with Crippen LogP contribution >= 0.6 is 0 Å². The molecule has 5 nitrogen and oxygen atoms in total. The van der Waals surface area contributed by atoms with Gasteiger partial charge < -0.3 is 9.16 Å². The number of Topliss-reactive ketones (excluding diaryl/α,β-unsaturated/α-hetero) is 1. The van der Waals surface area contributed by atoms with Gasteiger partial charge in [0, 0.05) is 11.8 Å². The third-order valence-electron chi connectivity index (χ3n) is 5.35. The number of allylic oxidation sites excluding steroid dienone is 3. The zero-order chi connectivity index (χ0) is 21.2. The van der Waals surface area contributed by atoms with Crippen LogP contribution in [-0.2, 0) is 23.5 Å². The maximum absolute atomic E-state index is 13.1. The molecule has 0 unspecified atom stereocenters. The highest BCUT2D eigenvalue weighted by Crippen LogP contribution is 2.41. The Kier molecular flexibility index (Phi) is 7.53. The number of hydrogen-bond donors (Lipinski definition) is 0. The molecule has 0 aromatic heterocycles. The summed E-state index contributed by atoms with van der Waals surface area (Å²) < 4.78 is 10.8. The highest BCUT2D eigenvalue weighted by Gasteiger charge is 2.48. The van der Waals surface area contributed by atoms with E-state index in [4.69, 9.17) is 9.16 Å². The Labute approximate surface area is 164 Å². The number of hydrogen-bond acceptors (Lipinski definition) is 5. The highest BCUT2D eigenvalue weighted by molar-refractivity contribution is 6.70. The summed E-state index contributed by atoms with van der Waals surface area (Å²) in [6.07, 6.45) is 2.15. The van der Waals surface area contributed by atoms with Crippen molar-refractivity contribution in [3.8, 4) is 0 Å². The van der Waals surface area contributed by atoms with E-state index in [1.807, 2.05) is 26.6 Å². The van der Waals surface area contributed by atoms with Crippen LogP contribution in [0.4, 0.5) is 0 Å². The minimum Gasteiger partial charge on any atom is -0.467 e. The summed E-state index contributed by atoms with van der Waals surface area (Å²) in [7, 11) is -0.920. The van der Waals surface area contributed by atoms with E-state index in [0.717, 1.165) is 29.4 Å². The fourth-order valence-corrected chi connectivity index (χ4v) is 5.29. The van der Waals surface area contributed by atoms with Crippen LogP contribution in [0.3, 0.4) is 0 Å². The van der Waals surface area contributed by atoms with Crippen molar-refractivity contribution in [3.63, 3.8) is 0 Å². The van der Waals surface area contributed by atoms with Gasteiger partial charge in [-0.2, -0.15) is 0 Å². The van der Waals surface area contributed by atoms with Gasteiger partial charge in [0.1, 0.15) is 6.29 Å². The second-order valence-electron chi connectivity index (χ2n) is 8.81. The van der Waals surface area contributed by atoms with Gasteiger partial charge in [-0.05, 0) is 57.8 Å². The number of rotatable bonds is 9. The summed E-state index contributed by atoms with van der Waals surface area (Å²) in [6, 6.07) is 0. The van der Waals surface area contributed by atoms with Gasteiger partial charge >= 0.3 is 5.97 Å². The lowest BCUT2D eigenvalue weighted by Crippen LogP contribution is -2.54. The largest absolute Gasteiger partial charge is 0.467 e. The lowest BCUT2D eigenvalue weighted by molar-refractivity contribution is -0.165. The Hall–Kier alpha value is -1.53. The minimum atomic E-state index is -2.18. The number of aldehydes is 1. The van der Waals surface area contributed by atoms with Crippen LogP contribution in [-0.4, -0.2) is 39.1 Å². The van der Waals surface area contributed by atoms with Crippen molar-refractivity contribution in [1.29, 1.82) is 0 Å². The van der Waals surface area contributed by atoms with Crippen molar-refractivity contribution < 1.29 is 23.5 Å². The molecule has 0 amide bonds. The first-order chi connectivity index (χ1) is 12.3.